The first-order valence-corrected chi connectivity index (χ1v) is 9.76. The Bertz CT molecular complexity index is 728. The number of benzene rings is 1. The summed E-state index contributed by atoms with van der Waals surface area (Å²) in [7, 11) is 0. The van der Waals surface area contributed by atoms with E-state index in [2.05, 4.69) is 17.5 Å². The summed E-state index contributed by atoms with van der Waals surface area (Å²) in [5.74, 6) is 0.698. The summed E-state index contributed by atoms with van der Waals surface area (Å²) >= 11 is 0. The minimum absolute atomic E-state index is 0.0143. The number of fused-ring (bicyclic) bond motifs is 2. The highest BCUT2D eigenvalue weighted by atomic mass is 16.5. The molecule has 0 aromatic heterocycles. The molecular weight excluding hydrogens is 328 g/mol. The number of hydrogen-bond acceptors (Lipinski definition) is 3. The lowest BCUT2D eigenvalue weighted by molar-refractivity contribution is -0.120. The van der Waals surface area contributed by atoms with Gasteiger partial charge in [-0.1, -0.05) is 12.2 Å². The van der Waals surface area contributed by atoms with Crippen molar-refractivity contribution in [1.82, 2.24) is 4.90 Å². The molecule has 0 spiro atoms. The van der Waals surface area contributed by atoms with E-state index in [4.69, 9.17) is 4.74 Å². The molecule has 4 rings (SSSR count). The van der Waals surface area contributed by atoms with Crippen LogP contribution in [0.2, 0.25) is 0 Å². The lowest BCUT2D eigenvalue weighted by Gasteiger charge is -2.37. The highest BCUT2D eigenvalue weighted by Gasteiger charge is 2.31. The number of carbonyl (C=O) groups is 2. The van der Waals surface area contributed by atoms with E-state index >= 15 is 0 Å². The average Bonchev–Trinajstić information content (AvgIpc) is 2.68. The second-order valence-electron chi connectivity index (χ2n) is 7.47. The molecule has 1 N–H and O–H groups in total. The average molecular weight is 354 g/mol. The zero-order chi connectivity index (χ0) is 17.9. The van der Waals surface area contributed by atoms with Gasteiger partial charge in [0.05, 0.1) is 12.2 Å². The van der Waals surface area contributed by atoms with Crippen LogP contribution in [0, 0.1) is 5.92 Å². The van der Waals surface area contributed by atoms with Crippen molar-refractivity contribution < 1.29 is 14.3 Å². The molecule has 138 valence electrons. The summed E-state index contributed by atoms with van der Waals surface area (Å²) in [5.41, 5.74) is 1.24. The predicted octanol–water partition coefficient (Wildman–Crippen LogP) is 3.76. The number of carbonyl (C=O) groups excluding carboxylic acids is 2. The van der Waals surface area contributed by atoms with E-state index in [0.717, 1.165) is 45.1 Å². The molecule has 0 unspecified atom stereocenters. The molecule has 26 heavy (non-hydrogen) atoms. The Kier molecular flexibility index (Phi) is 4.96. The Morgan fingerprint density at radius 3 is 2.92 bits per heavy atom. The Morgan fingerprint density at radius 1 is 1.15 bits per heavy atom. The van der Waals surface area contributed by atoms with E-state index in [0.29, 0.717) is 23.6 Å². The third-order valence-electron chi connectivity index (χ3n) is 5.71. The molecular formula is C21H26N2O3. The van der Waals surface area contributed by atoms with E-state index in [-0.39, 0.29) is 23.8 Å². The van der Waals surface area contributed by atoms with Crippen LogP contribution >= 0.6 is 0 Å². The number of ether oxygens (including phenoxy) is 1. The molecule has 2 atom stereocenters. The molecule has 1 fully saturated rings. The summed E-state index contributed by atoms with van der Waals surface area (Å²) in [4.78, 5) is 27.6. The van der Waals surface area contributed by atoms with Crippen molar-refractivity contribution >= 4 is 17.5 Å². The van der Waals surface area contributed by atoms with Gasteiger partial charge in [0.2, 0.25) is 5.91 Å². The fourth-order valence-corrected chi connectivity index (χ4v) is 4.20. The Morgan fingerprint density at radius 2 is 2.08 bits per heavy atom. The van der Waals surface area contributed by atoms with Gasteiger partial charge in [-0.3, -0.25) is 9.59 Å². The number of hydrogen-bond donors (Lipinski definition) is 1. The van der Waals surface area contributed by atoms with Crippen LogP contribution in [-0.4, -0.2) is 35.9 Å². The Labute approximate surface area is 154 Å². The minimum Gasteiger partial charge on any atom is -0.493 e. The van der Waals surface area contributed by atoms with Gasteiger partial charge in [-0.15, -0.1) is 0 Å². The summed E-state index contributed by atoms with van der Waals surface area (Å²) in [6.45, 7) is 1.44. The number of nitrogens with one attached hydrogen (secondary N) is 1. The van der Waals surface area contributed by atoms with Gasteiger partial charge < -0.3 is 15.0 Å². The second kappa shape index (κ2) is 7.52. The molecule has 0 bridgehead atoms. The molecule has 1 aromatic carbocycles. The van der Waals surface area contributed by atoms with Gasteiger partial charge in [0.15, 0.2) is 0 Å². The van der Waals surface area contributed by atoms with Crippen LogP contribution in [0.3, 0.4) is 0 Å². The van der Waals surface area contributed by atoms with Gasteiger partial charge in [0.25, 0.3) is 5.91 Å². The maximum atomic E-state index is 13.1. The van der Waals surface area contributed by atoms with Crippen molar-refractivity contribution in [2.75, 3.05) is 18.5 Å². The summed E-state index contributed by atoms with van der Waals surface area (Å²) < 4.78 is 5.85. The zero-order valence-electron chi connectivity index (χ0n) is 15.1. The smallest absolute Gasteiger partial charge is 0.257 e. The number of rotatable bonds is 2. The zero-order valence-corrected chi connectivity index (χ0v) is 15.1. The van der Waals surface area contributed by atoms with Crippen LogP contribution in [-0.2, 0) is 4.79 Å². The van der Waals surface area contributed by atoms with E-state index < -0.39 is 0 Å². The van der Waals surface area contributed by atoms with Crippen molar-refractivity contribution in [2.24, 2.45) is 5.92 Å². The van der Waals surface area contributed by atoms with Crippen molar-refractivity contribution in [3.8, 4) is 5.75 Å². The normalized spacial score (nSPS) is 25.4. The number of amides is 2. The molecule has 2 aliphatic heterocycles. The highest BCUT2D eigenvalue weighted by molar-refractivity contribution is 6.00. The van der Waals surface area contributed by atoms with Crippen LogP contribution in [0.4, 0.5) is 5.69 Å². The van der Waals surface area contributed by atoms with Gasteiger partial charge in [-0.05, 0) is 56.7 Å². The van der Waals surface area contributed by atoms with Gasteiger partial charge in [-0.2, -0.15) is 0 Å². The molecule has 0 radical (unpaired) electrons. The van der Waals surface area contributed by atoms with Crippen molar-refractivity contribution in [2.45, 2.75) is 51.0 Å². The van der Waals surface area contributed by atoms with Crippen LogP contribution in [0.25, 0.3) is 0 Å². The van der Waals surface area contributed by atoms with Gasteiger partial charge in [0.1, 0.15) is 5.75 Å². The van der Waals surface area contributed by atoms with Crippen LogP contribution in [0.1, 0.15) is 55.3 Å². The molecule has 5 nitrogen and oxygen atoms in total. The van der Waals surface area contributed by atoms with Crippen LogP contribution in [0.5, 0.6) is 5.75 Å². The first-order chi connectivity index (χ1) is 12.7. The lowest BCUT2D eigenvalue weighted by Crippen LogP contribution is -2.45. The van der Waals surface area contributed by atoms with Crippen molar-refractivity contribution in [3.05, 3.63) is 35.9 Å². The molecule has 5 heteroatoms. The fraction of sp³-hybridized carbons (Fsp3) is 0.524. The van der Waals surface area contributed by atoms with Crippen LogP contribution < -0.4 is 10.1 Å². The topological polar surface area (TPSA) is 58.6 Å². The van der Waals surface area contributed by atoms with Gasteiger partial charge in [-0.25, -0.2) is 0 Å². The summed E-state index contributed by atoms with van der Waals surface area (Å²) in [5, 5.41) is 2.99. The van der Waals surface area contributed by atoms with E-state index in [1.54, 1.807) is 6.07 Å². The largest absolute Gasteiger partial charge is 0.493 e. The highest BCUT2D eigenvalue weighted by Crippen LogP contribution is 2.31. The molecule has 1 aliphatic carbocycles. The standard InChI is InChI=1S/C21H26N2O3/c24-20(15-6-2-1-3-7-15)22-16-9-10-19-18(14-16)21(25)23-12-5-4-8-17(23)11-13-26-19/h1-2,9-10,14-15,17H,3-8,11-13H2,(H,22,24)/t15-,17-/m0/s1. The van der Waals surface area contributed by atoms with Gasteiger partial charge in [0, 0.05) is 30.6 Å². The number of piperidine rings is 1. The number of anilines is 1. The first-order valence-electron chi connectivity index (χ1n) is 9.76. The van der Waals surface area contributed by atoms with Gasteiger partial charge >= 0.3 is 0 Å². The first kappa shape index (κ1) is 17.1. The third kappa shape index (κ3) is 3.48. The second-order valence-corrected chi connectivity index (χ2v) is 7.47. The quantitative estimate of drug-likeness (QED) is 0.823. The predicted molar refractivity (Wildman–Crippen MR) is 100 cm³/mol. The monoisotopic (exact) mass is 354 g/mol. The van der Waals surface area contributed by atoms with Crippen molar-refractivity contribution in [3.63, 3.8) is 0 Å². The number of nitrogens with zero attached hydrogens (tertiary/aromatic N) is 1. The lowest BCUT2D eigenvalue weighted by atomic mass is 9.93. The van der Waals surface area contributed by atoms with E-state index in [1.165, 1.54) is 6.42 Å². The molecule has 2 heterocycles. The molecule has 1 aromatic rings. The van der Waals surface area contributed by atoms with Crippen LogP contribution in [0.15, 0.2) is 30.4 Å². The third-order valence-corrected chi connectivity index (χ3v) is 5.71. The summed E-state index contributed by atoms with van der Waals surface area (Å²) in [6.07, 6.45) is 11.0. The molecule has 3 aliphatic rings. The minimum atomic E-state index is 0.0143. The maximum Gasteiger partial charge on any atom is 0.257 e. The summed E-state index contributed by atoms with van der Waals surface area (Å²) in [6, 6.07) is 5.70. The van der Waals surface area contributed by atoms with E-state index in [1.807, 2.05) is 17.0 Å². The number of allylic oxidation sites excluding steroid dienone is 2. The molecule has 0 saturated carbocycles. The van der Waals surface area contributed by atoms with Crippen molar-refractivity contribution in [1.29, 1.82) is 0 Å². The Hall–Kier alpha value is -2.30. The molecule has 2 amide bonds. The molecule has 1 saturated heterocycles. The fourth-order valence-electron chi connectivity index (χ4n) is 4.20. The SMILES string of the molecule is O=C(Nc1ccc2c(c1)C(=O)N1CCCC[C@H]1CCO2)[C@H]1CC=CCC1. The van der Waals surface area contributed by atoms with E-state index in [9.17, 15) is 9.59 Å². The maximum absolute atomic E-state index is 13.1. The Balaban J connectivity index is 1.55.